The van der Waals surface area contributed by atoms with E-state index in [2.05, 4.69) is 6.08 Å². The van der Waals surface area contributed by atoms with Gasteiger partial charge in [-0.05, 0) is 36.6 Å². The molecule has 98 valence electrons. The van der Waals surface area contributed by atoms with E-state index in [1.54, 1.807) is 24.3 Å². The molecule has 2 bridgehead atoms. The van der Waals surface area contributed by atoms with Crippen molar-refractivity contribution in [2.24, 2.45) is 0 Å². The van der Waals surface area contributed by atoms with Gasteiger partial charge in [0.15, 0.2) is 9.84 Å². The van der Waals surface area contributed by atoms with Crippen molar-refractivity contribution in [3.63, 3.8) is 0 Å². The van der Waals surface area contributed by atoms with Crippen molar-refractivity contribution in [1.82, 2.24) is 0 Å². The molecular formula is C15H14O3S. The molecule has 4 rings (SSSR count). The normalized spacial score (nSPS) is 35.5. The quantitative estimate of drug-likeness (QED) is 0.777. The van der Waals surface area contributed by atoms with Crippen LogP contribution in [0.25, 0.3) is 0 Å². The molecule has 1 aromatic rings. The Morgan fingerprint density at radius 3 is 2.79 bits per heavy atom. The lowest BCUT2D eigenvalue weighted by molar-refractivity contribution is 0.0459. The number of sulfone groups is 1. The smallest absolute Gasteiger partial charge is 0.188 e. The van der Waals surface area contributed by atoms with E-state index in [0.717, 1.165) is 18.4 Å². The molecule has 2 aliphatic heterocycles. The Morgan fingerprint density at radius 1 is 1.21 bits per heavy atom. The Bertz CT molecular complexity index is 687. The van der Waals surface area contributed by atoms with Gasteiger partial charge in [0.2, 0.25) is 0 Å². The summed E-state index contributed by atoms with van der Waals surface area (Å²) < 4.78 is 31.6. The summed E-state index contributed by atoms with van der Waals surface area (Å²) in [6.07, 6.45) is 7.44. The molecule has 1 spiro atoms. The van der Waals surface area contributed by atoms with E-state index in [-0.39, 0.29) is 6.10 Å². The van der Waals surface area contributed by atoms with Crippen LogP contribution in [0.15, 0.2) is 59.0 Å². The van der Waals surface area contributed by atoms with Gasteiger partial charge >= 0.3 is 0 Å². The lowest BCUT2D eigenvalue weighted by Crippen LogP contribution is -2.33. The van der Waals surface area contributed by atoms with Gasteiger partial charge in [0.25, 0.3) is 0 Å². The summed E-state index contributed by atoms with van der Waals surface area (Å²) in [6, 6.07) is 8.66. The Labute approximate surface area is 112 Å². The molecule has 0 N–H and O–H groups in total. The number of fused-ring (bicyclic) bond motifs is 1. The zero-order valence-corrected chi connectivity index (χ0v) is 11.1. The molecule has 4 heteroatoms. The fourth-order valence-electron chi connectivity index (χ4n) is 3.43. The Hall–Kier alpha value is -1.39. The Balaban J connectivity index is 1.85. The van der Waals surface area contributed by atoms with Gasteiger partial charge in [-0.1, -0.05) is 30.4 Å². The second-order valence-electron chi connectivity index (χ2n) is 5.31. The molecule has 3 atom stereocenters. The van der Waals surface area contributed by atoms with Crippen molar-refractivity contribution in [1.29, 1.82) is 0 Å². The highest BCUT2D eigenvalue weighted by molar-refractivity contribution is 7.92. The van der Waals surface area contributed by atoms with Crippen LogP contribution in [-0.2, 0) is 14.6 Å². The average molecular weight is 274 g/mol. The molecule has 2 heterocycles. The fourth-order valence-corrected chi connectivity index (χ4v) is 5.39. The Morgan fingerprint density at radius 2 is 2.00 bits per heavy atom. The van der Waals surface area contributed by atoms with Gasteiger partial charge < -0.3 is 4.74 Å². The van der Waals surface area contributed by atoms with E-state index in [1.807, 2.05) is 18.2 Å². The largest absolute Gasteiger partial charge is 0.357 e. The van der Waals surface area contributed by atoms with E-state index in [9.17, 15) is 8.42 Å². The highest BCUT2D eigenvalue weighted by Gasteiger charge is 2.58. The number of rotatable bonds is 2. The third-order valence-corrected chi connectivity index (χ3v) is 6.40. The predicted octanol–water partition coefficient (Wildman–Crippen LogP) is 2.26. The Kier molecular flexibility index (Phi) is 2.16. The monoisotopic (exact) mass is 274 g/mol. The second kappa shape index (κ2) is 3.58. The lowest BCUT2D eigenvalue weighted by atomic mass is 9.91. The van der Waals surface area contributed by atoms with Crippen LogP contribution in [0.4, 0.5) is 0 Å². The predicted molar refractivity (Wildman–Crippen MR) is 71.5 cm³/mol. The van der Waals surface area contributed by atoms with Crippen molar-refractivity contribution in [2.45, 2.75) is 34.7 Å². The highest BCUT2D eigenvalue weighted by atomic mass is 32.2. The second-order valence-corrected chi connectivity index (χ2v) is 7.38. The number of hydrogen-bond donors (Lipinski definition) is 0. The number of benzene rings is 1. The number of hydrogen-bond acceptors (Lipinski definition) is 3. The summed E-state index contributed by atoms with van der Waals surface area (Å²) in [5, 5.41) is -0.539. The fraction of sp³-hybridized carbons (Fsp3) is 0.333. The van der Waals surface area contributed by atoms with Crippen LogP contribution in [0.3, 0.4) is 0 Å². The lowest BCUT2D eigenvalue weighted by Gasteiger charge is -2.22. The number of allylic oxidation sites excluding steroid dienone is 1. The van der Waals surface area contributed by atoms with E-state index in [4.69, 9.17) is 4.74 Å². The maximum atomic E-state index is 12.8. The van der Waals surface area contributed by atoms with Crippen molar-refractivity contribution in [3.05, 3.63) is 54.1 Å². The number of ether oxygens (including phenoxy) is 1. The minimum absolute atomic E-state index is 0.322. The van der Waals surface area contributed by atoms with E-state index in [1.165, 1.54) is 0 Å². The summed E-state index contributed by atoms with van der Waals surface area (Å²) in [5.41, 5.74) is 0.529. The zero-order valence-electron chi connectivity index (χ0n) is 10.3. The van der Waals surface area contributed by atoms with Crippen LogP contribution < -0.4 is 0 Å². The van der Waals surface area contributed by atoms with E-state index >= 15 is 0 Å². The minimum atomic E-state index is -3.37. The van der Waals surface area contributed by atoms with Crippen molar-refractivity contribution >= 4 is 9.84 Å². The third-order valence-electron chi connectivity index (χ3n) is 4.28. The molecule has 3 aliphatic rings. The van der Waals surface area contributed by atoms with Crippen LogP contribution in [0, 0.1) is 0 Å². The summed E-state index contributed by atoms with van der Waals surface area (Å²) in [7, 11) is -3.37. The summed E-state index contributed by atoms with van der Waals surface area (Å²) in [4.78, 5) is 0.382. The van der Waals surface area contributed by atoms with Gasteiger partial charge in [-0.15, -0.1) is 0 Å². The minimum Gasteiger partial charge on any atom is -0.357 e. The molecule has 1 aliphatic carbocycles. The first kappa shape index (κ1) is 11.4. The molecule has 19 heavy (non-hydrogen) atoms. The molecule has 1 fully saturated rings. The van der Waals surface area contributed by atoms with Crippen molar-refractivity contribution in [3.8, 4) is 0 Å². The first-order valence-electron chi connectivity index (χ1n) is 6.50. The molecular weight excluding hydrogens is 260 g/mol. The molecule has 1 aromatic carbocycles. The highest BCUT2D eigenvalue weighted by Crippen LogP contribution is 2.52. The molecule has 0 unspecified atom stereocenters. The molecule has 0 radical (unpaired) electrons. The molecule has 0 amide bonds. The topological polar surface area (TPSA) is 43.4 Å². The van der Waals surface area contributed by atoms with Crippen LogP contribution in [0.5, 0.6) is 0 Å². The average Bonchev–Trinajstić information content (AvgIpc) is 3.07. The SMILES string of the molecule is O=S(=O)(c1ccccc1)[C@@H]1C2=CCC[C@@]23C=C[C@@H]1O3. The first-order chi connectivity index (χ1) is 9.13. The van der Waals surface area contributed by atoms with Gasteiger partial charge in [0.05, 0.1) is 11.0 Å². The van der Waals surface area contributed by atoms with Crippen LogP contribution >= 0.6 is 0 Å². The van der Waals surface area contributed by atoms with Gasteiger partial charge in [0.1, 0.15) is 10.9 Å². The van der Waals surface area contributed by atoms with Crippen LogP contribution in [-0.4, -0.2) is 25.4 Å². The van der Waals surface area contributed by atoms with Gasteiger partial charge in [-0.3, -0.25) is 0 Å². The van der Waals surface area contributed by atoms with Crippen LogP contribution in [0.1, 0.15) is 12.8 Å². The van der Waals surface area contributed by atoms with E-state index in [0.29, 0.717) is 4.90 Å². The summed E-state index contributed by atoms with van der Waals surface area (Å²) >= 11 is 0. The van der Waals surface area contributed by atoms with Gasteiger partial charge in [-0.2, -0.15) is 0 Å². The molecule has 3 nitrogen and oxygen atoms in total. The standard InChI is InChI=1S/C15H14O3S/c16-19(17,11-5-2-1-3-6-11)14-12-7-4-9-15(12)10-8-13(14)18-15/h1-3,5-8,10,13-14H,4,9H2/t13-,14+,15+/m0/s1. The zero-order chi connectivity index (χ0) is 13.1. The van der Waals surface area contributed by atoms with Gasteiger partial charge in [0, 0.05) is 0 Å². The molecule has 0 saturated carbocycles. The summed E-state index contributed by atoms with van der Waals surface area (Å²) in [6.45, 7) is 0. The van der Waals surface area contributed by atoms with Gasteiger partial charge in [-0.25, -0.2) is 8.42 Å². The summed E-state index contributed by atoms with van der Waals surface area (Å²) in [5.74, 6) is 0. The van der Waals surface area contributed by atoms with Crippen molar-refractivity contribution in [2.75, 3.05) is 0 Å². The van der Waals surface area contributed by atoms with Crippen molar-refractivity contribution < 1.29 is 13.2 Å². The maximum Gasteiger partial charge on any atom is 0.188 e. The molecule has 1 saturated heterocycles. The van der Waals surface area contributed by atoms with Crippen LogP contribution in [0.2, 0.25) is 0 Å². The first-order valence-corrected chi connectivity index (χ1v) is 8.05. The van der Waals surface area contributed by atoms with E-state index < -0.39 is 20.7 Å². The third kappa shape index (κ3) is 1.38. The molecule has 0 aromatic heterocycles. The maximum absolute atomic E-state index is 12.8.